The lowest BCUT2D eigenvalue weighted by Crippen LogP contribution is -2.29. The van der Waals surface area contributed by atoms with Gasteiger partial charge in [0.05, 0.1) is 26.4 Å². The largest absolute Gasteiger partial charge is 0.416 e. The molecular formula is C71H74F3NO2S6. The molecule has 83 heavy (non-hydrogen) atoms. The molecule has 3 nitrogen and oxygen atoms in total. The first-order valence-electron chi connectivity index (χ1n) is 30.1. The molecule has 0 fully saturated rings. The van der Waals surface area contributed by atoms with Gasteiger partial charge in [0.25, 0.3) is 11.8 Å². The van der Waals surface area contributed by atoms with E-state index in [1.54, 1.807) is 11.3 Å². The van der Waals surface area contributed by atoms with E-state index in [9.17, 15) is 18.0 Å². The highest BCUT2D eigenvalue weighted by atomic mass is 32.1. The molecule has 10 aromatic rings. The van der Waals surface area contributed by atoms with Crippen molar-refractivity contribution >= 4 is 116 Å². The van der Waals surface area contributed by atoms with Gasteiger partial charge < -0.3 is 0 Å². The molecule has 7 heterocycles. The zero-order chi connectivity index (χ0) is 58.4. The molecule has 2 amide bonds. The molecule has 1 aliphatic heterocycles. The van der Waals surface area contributed by atoms with Gasteiger partial charge in [-0.1, -0.05) is 180 Å². The van der Waals surface area contributed by atoms with Gasteiger partial charge in [0.1, 0.15) is 4.88 Å². The van der Waals surface area contributed by atoms with Crippen LogP contribution in [0.5, 0.6) is 0 Å². The number of hydrogen-bond donors (Lipinski definition) is 0. The third kappa shape index (κ3) is 11.1. The van der Waals surface area contributed by atoms with Crippen LogP contribution in [0.15, 0.2) is 121 Å². The van der Waals surface area contributed by atoms with Gasteiger partial charge in [-0.15, -0.1) is 68.0 Å². The minimum absolute atomic E-state index is 0.125. The quantitative estimate of drug-likeness (QED) is 0.0566. The summed E-state index contributed by atoms with van der Waals surface area (Å²) in [6.45, 7) is 18.5. The average molecular weight is 1220 g/mol. The highest BCUT2D eigenvalue weighted by Gasteiger charge is 2.45. The van der Waals surface area contributed by atoms with Crippen LogP contribution in [0.2, 0.25) is 0 Å². The second kappa shape index (κ2) is 24.6. The molecular weight excluding hydrogens is 1150 g/mol. The van der Waals surface area contributed by atoms with Crippen LogP contribution >= 0.6 is 68.0 Å². The molecule has 0 spiro atoms. The highest BCUT2D eigenvalue weighted by Crippen LogP contribution is 2.59. The van der Waals surface area contributed by atoms with Crippen molar-refractivity contribution in [2.75, 3.05) is 4.90 Å². The van der Waals surface area contributed by atoms with Crippen LogP contribution in [0.25, 0.3) is 60.9 Å². The lowest BCUT2D eigenvalue weighted by Gasteiger charge is -2.30. The van der Waals surface area contributed by atoms with Crippen molar-refractivity contribution in [3.8, 4) is 30.6 Å². The van der Waals surface area contributed by atoms with Crippen LogP contribution < -0.4 is 4.90 Å². The van der Waals surface area contributed by atoms with Crippen LogP contribution in [0.1, 0.15) is 189 Å². The van der Waals surface area contributed by atoms with E-state index >= 15 is 4.79 Å². The molecule has 11 rings (SSSR count). The maximum absolute atomic E-state index is 15.2. The van der Waals surface area contributed by atoms with Crippen molar-refractivity contribution in [1.82, 2.24) is 0 Å². The van der Waals surface area contributed by atoms with E-state index in [2.05, 4.69) is 146 Å². The summed E-state index contributed by atoms with van der Waals surface area (Å²) < 4.78 is 44.9. The summed E-state index contributed by atoms with van der Waals surface area (Å²) in [5.41, 5.74) is 3.88. The van der Waals surface area contributed by atoms with Crippen LogP contribution in [-0.2, 0) is 29.8 Å². The van der Waals surface area contributed by atoms with Crippen molar-refractivity contribution in [3.05, 3.63) is 168 Å². The van der Waals surface area contributed by atoms with Crippen molar-refractivity contribution in [3.63, 3.8) is 0 Å². The summed E-state index contributed by atoms with van der Waals surface area (Å²) in [5.74, 6) is 0.259. The van der Waals surface area contributed by atoms with Gasteiger partial charge in [0.2, 0.25) is 0 Å². The number of thiophene rings is 6. The van der Waals surface area contributed by atoms with E-state index in [0.717, 1.165) is 98.7 Å². The van der Waals surface area contributed by atoms with Gasteiger partial charge in [0, 0.05) is 81.7 Å². The summed E-state index contributed by atoms with van der Waals surface area (Å²) in [4.78, 5) is 41.4. The second-order valence-electron chi connectivity index (χ2n) is 23.3. The number of anilines is 1. The maximum Gasteiger partial charge on any atom is 0.416 e. The van der Waals surface area contributed by atoms with E-state index in [0.29, 0.717) is 22.3 Å². The number of nitrogens with zero attached hydrogens (tertiary/aromatic N) is 1. The molecule has 4 unspecified atom stereocenters. The number of unbranched alkanes of at least 4 members (excludes halogenated alkanes) is 3. The van der Waals surface area contributed by atoms with Crippen LogP contribution in [0.4, 0.5) is 18.9 Å². The number of carbonyl (C=O) groups is 2. The fraction of sp³-hybridized carbons (Fsp3) is 0.380. The number of alkyl halides is 3. The molecule has 0 N–H and O–H groups in total. The van der Waals surface area contributed by atoms with Crippen LogP contribution in [0.3, 0.4) is 0 Å². The van der Waals surface area contributed by atoms with Crippen molar-refractivity contribution in [2.45, 2.75) is 162 Å². The molecule has 6 aromatic heterocycles. The topological polar surface area (TPSA) is 37.4 Å². The molecule has 0 saturated heterocycles. The molecule has 0 bridgehead atoms. The number of rotatable bonds is 24. The Morgan fingerprint density at radius 1 is 0.494 bits per heavy atom. The van der Waals surface area contributed by atoms with Gasteiger partial charge in [0.15, 0.2) is 0 Å². The van der Waals surface area contributed by atoms with Gasteiger partial charge in [-0.25, -0.2) is 4.90 Å². The van der Waals surface area contributed by atoms with E-state index in [1.807, 2.05) is 51.4 Å². The van der Waals surface area contributed by atoms with Gasteiger partial charge in [-0.3, -0.25) is 9.59 Å². The van der Waals surface area contributed by atoms with Crippen molar-refractivity contribution in [1.29, 1.82) is 0 Å². The van der Waals surface area contributed by atoms with E-state index < -0.39 is 29.0 Å². The van der Waals surface area contributed by atoms with Gasteiger partial charge >= 0.3 is 6.18 Å². The van der Waals surface area contributed by atoms with Crippen molar-refractivity contribution < 1.29 is 22.8 Å². The number of benzene rings is 4. The molecule has 0 radical (unpaired) electrons. The SMILES string of the molecule is CCCCC(CC)Cc1ccc(-c2c3cc(C(C)(CC)c4ccccc4)sc3c(-c3ccc(CC(CC)CCCC)s3)c3cc(-c4sc(C(C)(CCCC)c5ccccc5)c5c6c(sc45)C(=O)N(c4ccc(C(F)(F)F)cc4)C6=O)sc23)s1. The smallest absolute Gasteiger partial charge is 0.268 e. The first kappa shape index (κ1) is 59.5. The Hall–Kier alpha value is -5.21. The third-order valence-electron chi connectivity index (χ3n) is 18.0. The third-order valence-corrected chi connectivity index (χ3v) is 25.8. The Bertz CT molecular complexity index is 3820. The van der Waals surface area contributed by atoms with Crippen LogP contribution in [-0.4, -0.2) is 11.8 Å². The predicted octanol–water partition coefficient (Wildman–Crippen LogP) is 24.1. The molecule has 0 aliphatic carbocycles. The van der Waals surface area contributed by atoms with Crippen LogP contribution in [0, 0.1) is 11.8 Å². The fourth-order valence-electron chi connectivity index (χ4n) is 12.6. The number of fused-ring (bicyclic) bond motifs is 5. The summed E-state index contributed by atoms with van der Waals surface area (Å²) in [6.07, 6.45) is 10.9. The standard InChI is InChI=1S/C71H74F3NO2S6/c1-9-15-24-43(12-4)39-49-34-36-53(78-49)57-51-41-55(80-61(51)58(54-37-35-50(79-54)40-44(13-5)25-16-10-2)52-42-56(81-62(52)57)69(7,14-6)45-26-20-18-21-27-45)63-64-59(66(83-63)70(8,38-17-11-3)46-28-22-19-23-29-46)60-65(82-64)68(77)75(67(60)76)48-32-30-47(31-33-48)71(72,73)74/h18-23,26-37,41-44H,9-17,24-25,38-40H2,1-8H3. The molecule has 4 aromatic carbocycles. The minimum Gasteiger partial charge on any atom is -0.268 e. The summed E-state index contributed by atoms with van der Waals surface area (Å²) in [5, 5.41) is 3.30. The molecule has 12 heteroatoms. The van der Waals surface area contributed by atoms with E-state index in [-0.39, 0.29) is 11.1 Å². The number of hydrogen-bond acceptors (Lipinski definition) is 8. The fourth-order valence-corrected chi connectivity index (χ4v) is 20.9. The second-order valence-corrected chi connectivity index (χ2v) is 29.8. The molecule has 0 saturated carbocycles. The monoisotopic (exact) mass is 1220 g/mol. The number of amides is 2. The maximum atomic E-state index is 15.2. The Balaban J connectivity index is 1.19. The Morgan fingerprint density at radius 3 is 1.57 bits per heavy atom. The Labute approximate surface area is 512 Å². The zero-order valence-electron chi connectivity index (χ0n) is 48.9. The average Bonchev–Trinajstić information content (AvgIpc) is 1.86. The van der Waals surface area contributed by atoms with Crippen molar-refractivity contribution in [2.24, 2.45) is 11.8 Å². The lowest BCUT2D eigenvalue weighted by molar-refractivity contribution is -0.137. The predicted molar refractivity (Wildman–Crippen MR) is 355 cm³/mol. The molecule has 1 aliphatic rings. The Morgan fingerprint density at radius 2 is 1.04 bits per heavy atom. The number of imide groups is 1. The first-order chi connectivity index (χ1) is 40.1. The number of halogens is 3. The normalized spacial score (nSPS) is 15.2. The highest BCUT2D eigenvalue weighted by molar-refractivity contribution is 7.32. The first-order valence-corrected chi connectivity index (χ1v) is 35.0. The van der Waals surface area contributed by atoms with E-state index in [4.69, 9.17) is 0 Å². The lowest BCUT2D eigenvalue weighted by atomic mass is 9.76. The van der Waals surface area contributed by atoms with Gasteiger partial charge in [-0.05, 0) is 109 Å². The zero-order valence-corrected chi connectivity index (χ0v) is 53.8. The molecule has 4 atom stereocenters. The number of carbonyl (C=O) groups excluding carboxylic acids is 2. The Kier molecular flexibility index (Phi) is 17.7. The minimum atomic E-state index is -4.56. The molecule has 432 valence electrons. The van der Waals surface area contributed by atoms with Gasteiger partial charge in [-0.2, -0.15) is 13.2 Å². The van der Waals surface area contributed by atoms with E-state index in [1.165, 1.54) is 123 Å². The summed E-state index contributed by atoms with van der Waals surface area (Å²) in [6, 6.07) is 40.5. The summed E-state index contributed by atoms with van der Waals surface area (Å²) in [7, 11) is 0. The summed E-state index contributed by atoms with van der Waals surface area (Å²) >= 11 is 10.8.